The molecule has 0 aliphatic heterocycles. The van der Waals surface area contributed by atoms with Gasteiger partial charge in [0, 0.05) is 5.02 Å². The Morgan fingerprint density at radius 2 is 1.53 bits per heavy atom. The molecule has 4 aromatic carbocycles. The van der Waals surface area contributed by atoms with Crippen LogP contribution in [0.3, 0.4) is 0 Å². The first kappa shape index (κ1) is 24.7. The number of carbonyl (C=O) groups excluding carboxylic acids is 2. The summed E-state index contributed by atoms with van der Waals surface area (Å²) in [6.07, 6.45) is 0.704. The Morgan fingerprint density at radius 3 is 2.25 bits per heavy atom. The highest BCUT2D eigenvalue weighted by molar-refractivity contribution is 6.30. The summed E-state index contributed by atoms with van der Waals surface area (Å²) in [6.45, 7) is 1.65. The first-order valence-electron chi connectivity index (χ1n) is 11.2. The standard InChI is InChI=1S/C29H23ClN2O4/c1-20(35-26-16-12-23(13-17-26)22-7-3-2-4-8-22)28(33)32-31-19-21-6-5-9-27(18-21)36-29(34)24-10-14-25(30)15-11-24/h2-20H,1H3,(H,32,33)/b31-19-/t20-/m0/s1. The molecule has 36 heavy (non-hydrogen) atoms. The maximum absolute atomic E-state index is 12.4. The van der Waals surface area contributed by atoms with E-state index >= 15 is 0 Å². The van der Waals surface area contributed by atoms with E-state index in [9.17, 15) is 9.59 Å². The molecule has 6 nitrogen and oxygen atoms in total. The third kappa shape index (κ3) is 6.81. The van der Waals surface area contributed by atoms with Crippen LogP contribution in [0, 0.1) is 0 Å². The molecular weight excluding hydrogens is 476 g/mol. The van der Waals surface area contributed by atoms with E-state index in [2.05, 4.69) is 10.5 Å². The van der Waals surface area contributed by atoms with E-state index in [1.165, 1.54) is 6.21 Å². The van der Waals surface area contributed by atoms with Crippen LogP contribution in [-0.4, -0.2) is 24.2 Å². The Hall–Kier alpha value is -4.42. The first-order chi connectivity index (χ1) is 17.5. The minimum atomic E-state index is -0.753. The molecule has 0 spiro atoms. The number of halogens is 1. The normalized spacial score (nSPS) is 11.6. The maximum atomic E-state index is 12.4. The SMILES string of the molecule is C[C@H](Oc1ccc(-c2ccccc2)cc1)C(=O)N/N=C\c1cccc(OC(=O)c2ccc(Cl)cc2)c1. The van der Waals surface area contributed by atoms with Crippen LogP contribution in [0.15, 0.2) is 108 Å². The fourth-order valence-electron chi connectivity index (χ4n) is 3.29. The number of amides is 1. The van der Waals surface area contributed by atoms with Crippen molar-refractivity contribution in [3.8, 4) is 22.6 Å². The summed E-state index contributed by atoms with van der Waals surface area (Å²) in [5.74, 6) is 0.0259. The lowest BCUT2D eigenvalue weighted by Crippen LogP contribution is -2.33. The molecule has 0 fully saturated rings. The minimum absolute atomic E-state index is 0.348. The molecule has 0 aliphatic rings. The van der Waals surface area contributed by atoms with E-state index in [0.717, 1.165) is 11.1 Å². The summed E-state index contributed by atoms with van der Waals surface area (Å²) < 4.78 is 11.1. The summed E-state index contributed by atoms with van der Waals surface area (Å²) in [7, 11) is 0. The number of hydrogen-bond donors (Lipinski definition) is 1. The van der Waals surface area contributed by atoms with Crippen LogP contribution < -0.4 is 14.9 Å². The van der Waals surface area contributed by atoms with Gasteiger partial charge in [-0.25, -0.2) is 10.2 Å². The summed E-state index contributed by atoms with van der Waals surface area (Å²) >= 11 is 5.85. The van der Waals surface area contributed by atoms with Crippen molar-refractivity contribution in [2.24, 2.45) is 5.10 Å². The number of rotatable bonds is 8. The molecule has 7 heteroatoms. The number of ether oxygens (including phenoxy) is 2. The summed E-state index contributed by atoms with van der Waals surface area (Å²) in [6, 6.07) is 30.7. The van der Waals surface area contributed by atoms with Gasteiger partial charge in [-0.05, 0) is 72.1 Å². The van der Waals surface area contributed by atoms with Crippen LogP contribution >= 0.6 is 11.6 Å². The van der Waals surface area contributed by atoms with Crippen molar-refractivity contribution < 1.29 is 19.1 Å². The third-order valence-corrected chi connectivity index (χ3v) is 5.43. The molecular formula is C29H23ClN2O4. The van der Waals surface area contributed by atoms with E-state index < -0.39 is 18.0 Å². The zero-order chi connectivity index (χ0) is 25.3. The van der Waals surface area contributed by atoms with Crippen molar-refractivity contribution in [3.63, 3.8) is 0 Å². The molecule has 1 amide bonds. The molecule has 180 valence electrons. The van der Waals surface area contributed by atoms with Crippen molar-refractivity contribution in [3.05, 3.63) is 119 Å². The van der Waals surface area contributed by atoms with Crippen molar-refractivity contribution in [2.75, 3.05) is 0 Å². The molecule has 0 heterocycles. The van der Waals surface area contributed by atoms with Gasteiger partial charge in [-0.15, -0.1) is 0 Å². The van der Waals surface area contributed by atoms with Gasteiger partial charge in [-0.1, -0.05) is 66.2 Å². The molecule has 0 aromatic heterocycles. The average Bonchev–Trinajstić information content (AvgIpc) is 2.90. The first-order valence-corrected chi connectivity index (χ1v) is 11.6. The number of carbonyl (C=O) groups is 2. The second-order valence-corrected chi connectivity index (χ2v) is 8.29. The van der Waals surface area contributed by atoms with E-state index in [1.807, 2.05) is 54.6 Å². The molecule has 0 radical (unpaired) electrons. The monoisotopic (exact) mass is 498 g/mol. The third-order valence-electron chi connectivity index (χ3n) is 5.18. The lowest BCUT2D eigenvalue weighted by molar-refractivity contribution is -0.127. The predicted octanol–water partition coefficient (Wildman–Crippen LogP) is 6.14. The van der Waals surface area contributed by atoms with E-state index in [-0.39, 0.29) is 0 Å². The van der Waals surface area contributed by atoms with Gasteiger partial charge in [-0.3, -0.25) is 4.79 Å². The molecule has 0 aliphatic carbocycles. The van der Waals surface area contributed by atoms with Crippen molar-refractivity contribution in [1.82, 2.24) is 5.43 Å². The molecule has 0 saturated heterocycles. The smallest absolute Gasteiger partial charge is 0.343 e. The highest BCUT2D eigenvalue weighted by atomic mass is 35.5. The van der Waals surface area contributed by atoms with Crippen LogP contribution in [0.5, 0.6) is 11.5 Å². The van der Waals surface area contributed by atoms with Crippen molar-refractivity contribution >= 4 is 29.7 Å². The van der Waals surface area contributed by atoms with E-state index in [0.29, 0.717) is 27.6 Å². The number of nitrogens with zero attached hydrogens (tertiary/aromatic N) is 1. The van der Waals surface area contributed by atoms with Crippen LogP contribution in [-0.2, 0) is 4.79 Å². The Morgan fingerprint density at radius 1 is 0.833 bits per heavy atom. The lowest BCUT2D eigenvalue weighted by Gasteiger charge is -2.13. The molecule has 4 aromatic rings. The van der Waals surface area contributed by atoms with Crippen LogP contribution in [0.4, 0.5) is 0 Å². The van der Waals surface area contributed by atoms with E-state index in [4.69, 9.17) is 21.1 Å². The highest BCUT2D eigenvalue weighted by Gasteiger charge is 2.14. The summed E-state index contributed by atoms with van der Waals surface area (Å²) in [5.41, 5.74) is 5.65. The summed E-state index contributed by atoms with van der Waals surface area (Å²) in [4.78, 5) is 24.7. The number of hydrogen-bond acceptors (Lipinski definition) is 5. The van der Waals surface area contributed by atoms with Gasteiger partial charge in [0.25, 0.3) is 5.91 Å². The molecule has 1 N–H and O–H groups in total. The van der Waals surface area contributed by atoms with Crippen LogP contribution in [0.1, 0.15) is 22.8 Å². The van der Waals surface area contributed by atoms with Crippen molar-refractivity contribution in [1.29, 1.82) is 0 Å². The second kappa shape index (κ2) is 11.8. The number of nitrogens with one attached hydrogen (secondary N) is 1. The summed E-state index contributed by atoms with van der Waals surface area (Å²) in [5, 5.41) is 4.52. The van der Waals surface area contributed by atoms with Gasteiger partial charge in [0.1, 0.15) is 11.5 Å². The van der Waals surface area contributed by atoms with Crippen LogP contribution in [0.25, 0.3) is 11.1 Å². The molecule has 0 bridgehead atoms. The number of benzene rings is 4. The zero-order valence-electron chi connectivity index (χ0n) is 19.4. The quantitative estimate of drug-likeness (QED) is 0.137. The van der Waals surface area contributed by atoms with Gasteiger partial charge in [0.15, 0.2) is 6.10 Å². The predicted molar refractivity (Wildman–Crippen MR) is 141 cm³/mol. The van der Waals surface area contributed by atoms with Gasteiger partial charge >= 0.3 is 5.97 Å². The second-order valence-electron chi connectivity index (χ2n) is 7.85. The highest BCUT2D eigenvalue weighted by Crippen LogP contribution is 2.22. The minimum Gasteiger partial charge on any atom is -0.481 e. The Bertz CT molecular complexity index is 1350. The Kier molecular flexibility index (Phi) is 8.11. The van der Waals surface area contributed by atoms with Crippen LogP contribution in [0.2, 0.25) is 5.02 Å². The van der Waals surface area contributed by atoms with E-state index in [1.54, 1.807) is 55.5 Å². The Labute approximate surface area is 214 Å². The molecule has 0 saturated carbocycles. The fraction of sp³-hybridized carbons (Fsp3) is 0.0690. The maximum Gasteiger partial charge on any atom is 0.343 e. The van der Waals surface area contributed by atoms with Gasteiger partial charge in [0.05, 0.1) is 11.8 Å². The van der Waals surface area contributed by atoms with Crippen molar-refractivity contribution in [2.45, 2.75) is 13.0 Å². The Balaban J connectivity index is 1.29. The van der Waals surface area contributed by atoms with Gasteiger partial charge in [-0.2, -0.15) is 5.10 Å². The number of esters is 1. The largest absolute Gasteiger partial charge is 0.481 e. The molecule has 0 unspecified atom stereocenters. The fourth-order valence-corrected chi connectivity index (χ4v) is 3.41. The molecule has 4 rings (SSSR count). The average molecular weight is 499 g/mol. The topological polar surface area (TPSA) is 77.0 Å². The van der Waals surface area contributed by atoms with Gasteiger partial charge in [0.2, 0.25) is 0 Å². The number of hydrazone groups is 1. The lowest BCUT2D eigenvalue weighted by atomic mass is 10.1. The zero-order valence-corrected chi connectivity index (χ0v) is 20.2. The molecule has 1 atom stereocenters. The van der Waals surface area contributed by atoms with Gasteiger partial charge < -0.3 is 9.47 Å².